The SMILES string of the molecule is C=C(C=NCc1ccc(Cl)cc1)COc1ccc(F)c(C(N)=O)c1F.CC. The van der Waals surface area contributed by atoms with Crippen molar-refractivity contribution >= 4 is 23.7 Å². The Bertz CT molecular complexity index is 821. The van der Waals surface area contributed by atoms with Crippen molar-refractivity contribution in [2.45, 2.75) is 20.4 Å². The second kappa shape index (κ2) is 11.1. The maximum absolute atomic E-state index is 14.0. The van der Waals surface area contributed by atoms with Gasteiger partial charge in [0.15, 0.2) is 11.6 Å². The molecular formula is C20H21ClF2N2O2. The molecule has 0 fully saturated rings. The summed E-state index contributed by atoms with van der Waals surface area (Å²) in [6.07, 6.45) is 1.49. The third kappa shape index (κ3) is 6.83. The predicted octanol–water partition coefficient (Wildman–Crippen LogP) is 4.95. The molecule has 0 spiro atoms. The van der Waals surface area contributed by atoms with E-state index in [4.69, 9.17) is 22.1 Å². The summed E-state index contributed by atoms with van der Waals surface area (Å²) in [5, 5.41) is 0.641. The molecule has 0 aliphatic carbocycles. The average molecular weight is 395 g/mol. The summed E-state index contributed by atoms with van der Waals surface area (Å²) < 4.78 is 32.6. The fourth-order valence-electron chi connectivity index (χ4n) is 1.95. The molecule has 144 valence electrons. The lowest BCUT2D eigenvalue weighted by Crippen LogP contribution is -2.16. The van der Waals surface area contributed by atoms with Crippen LogP contribution in [-0.4, -0.2) is 18.7 Å². The van der Waals surface area contributed by atoms with Gasteiger partial charge < -0.3 is 10.5 Å². The first-order valence-electron chi connectivity index (χ1n) is 8.21. The van der Waals surface area contributed by atoms with Gasteiger partial charge in [0.25, 0.3) is 5.91 Å². The largest absolute Gasteiger partial charge is 0.486 e. The zero-order chi connectivity index (χ0) is 20.4. The van der Waals surface area contributed by atoms with Crippen LogP contribution in [0.1, 0.15) is 29.8 Å². The number of hydrogen-bond donors (Lipinski definition) is 1. The first-order chi connectivity index (χ1) is 12.9. The van der Waals surface area contributed by atoms with Crippen molar-refractivity contribution < 1.29 is 18.3 Å². The van der Waals surface area contributed by atoms with Crippen molar-refractivity contribution in [2.75, 3.05) is 6.61 Å². The molecule has 1 amide bonds. The Morgan fingerprint density at radius 3 is 2.44 bits per heavy atom. The van der Waals surface area contributed by atoms with Crippen LogP contribution in [0.4, 0.5) is 8.78 Å². The van der Waals surface area contributed by atoms with Gasteiger partial charge in [-0.15, -0.1) is 0 Å². The highest BCUT2D eigenvalue weighted by molar-refractivity contribution is 6.30. The number of rotatable bonds is 7. The van der Waals surface area contributed by atoms with Gasteiger partial charge in [0, 0.05) is 11.2 Å². The van der Waals surface area contributed by atoms with E-state index >= 15 is 0 Å². The molecule has 0 heterocycles. The van der Waals surface area contributed by atoms with Gasteiger partial charge in [-0.2, -0.15) is 0 Å². The van der Waals surface area contributed by atoms with Crippen LogP contribution in [0.15, 0.2) is 53.5 Å². The lowest BCUT2D eigenvalue weighted by atomic mass is 10.1. The molecule has 2 aromatic carbocycles. The third-order valence-electron chi connectivity index (χ3n) is 3.18. The van der Waals surface area contributed by atoms with Gasteiger partial charge in [-0.05, 0) is 35.4 Å². The summed E-state index contributed by atoms with van der Waals surface area (Å²) in [5.74, 6) is -3.68. The summed E-state index contributed by atoms with van der Waals surface area (Å²) in [6.45, 7) is 8.08. The maximum Gasteiger partial charge on any atom is 0.254 e. The Labute approximate surface area is 162 Å². The normalized spacial score (nSPS) is 10.3. The van der Waals surface area contributed by atoms with Gasteiger partial charge >= 0.3 is 0 Å². The minimum absolute atomic E-state index is 0.0785. The quantitative estimate of drug-likeness (QED) is 0.675. The smallest absolute Gasteiger partial charge is 0.254 e. The van der Waals surface area contributed by atoms with Gasteiger partial charge in [0.05, 0.1) is 6.54 Å². The molecule has 27 heavy (non-hydrogen) atoms. The molecular weight excluding hydrogens is 374 g/mol. The van der Waals surface area contributed by atoms with E-state index in [9.17, 15) is 13.6 Å². The van der Waals surface area contributed by atoms with Crippen LogP contribution >= 0.6 is 11.6 Å². The zero-order valence-electron chi connectivity index (χ0n) is 15.1. The molecule has 0 unspecified atom stereocenters. The Hall–Kier alpha value is -2.73. The second-order valence-corrected chi connectivity index (χ2v) is 5.58. The third-order valence-corrected chi connectivity index (χ3v) is 3.43. The molecule has 2 rings (SSSR count). The van der Waals surface area contributed by atoms with Crippen molar-refractivity contribution in [3.63, 3.8) is 0 Å². The number of nitrogens with zero attached hydrogens (tertiary/aromatic N) is 1. The van der Waals surface area contributed by atoms with Crippen molar-refractivity contribution in [2.24, 2.45) is 10.7 Å². The highest BCUT2D eigenvalue weighted by Crippen LogP contribution is 2.23. The molecule has 0 aliphatic rings. The lowest BCUT2D eigenvalue weighted by molar-refractivity contribution is 0.0991. The number of halogens is 3. The van der Waals surface area contributed by atoms with E-state index in [0.717, 1.165) is 17.7 Å². The van der Waals surface area contributed by atoms with E-state index in [1.165, 1.54) is 6.21 Å². The van der Waals surface area contributed by atoms with Crippen molar-refractivity contribution in [3.8, 4) is 5.75 Å². The highest BCUT2D eigenvalue weighted by Gasteiger charge is 2.19. The molecule has 0 saturated carbocycles. The van der Waals surface area contributed by atoms with Crippen LogP contribution in [0.3, 0.4) is 0 Å². The monoisotopic (exact) mass is 394 g/mol. The molecule has 0 radical (unpaired) electrons. The molecule has 0 bridgehead atoms. The summed E-state index contributed by atoms with van der Waals surface area (Å²) in [4.78, 5) is 15.3. The number of ether oxygens (including phenoxy) is 1. The maximum atomic E-state index is 14.0. The number of amides is 1. The van der Waals surface area contributed by atoms with E-state index in [-0.39, 0.29) is 12.4 Å². The molecule has 4 nitrogen and oxygen atoms in total. The van der Waals surface area contributed by atoms with E-state index < -0.39 is 23.1 Å². The average Bonchev–Trinajstić information content (AvgIpc) is 2.64. The zero-order valence-corrected chi connectivity index (χ0v) is 15.9. The van der Waals surface area contributed by atoms with E-state index in [1.807, 2.05) is 26.0 Å². The van der Waals surface area contributed by atoms with Crippen LogP contribution in [0, 0.1) is 11.6 Å². The summed E-state index contributed by atoms with van der Waals surface area (Å²) in [7, 11) is 0. The number of hydrogen-bond acceptors (Lipinski definition) is 3. The fraction of sp³-hybridized carbons (Fsp3) is 0.200. The number of primary amides is 1. The number of carbonyl (C=O) groups excluding carboxylic acids is 1. The summed E-state index contributed by atoms with van der Waals surface area (Å²) >= 11 is 5.80. The summed E-state index contributed by atoms with van der Waals surface area (Å²) in [5.41, 5.74) is 5.55. The minimum atomic E-state index is -1.20. The fourth-order valence-corrected chi connectivity index (χ4v) is 2.07. The Kier molecular flexibility index (Phi) is 9.16. The number of benzene rings is 2. The predicted molar refractivity (Wildman–Crippen MR) is 105 cm³/mol. The van der Waals surface area contributed by atoms with Gasteiger partial charge in [-0.25, -0.2) is 8.78 Å². The van der Waals surface area contributed by atoms with Crippen LogP contribution < -0.4 is 10.5 Å². The number of nitrogens with two attached hydrogens (primary N) is 1. The van der Waals surface area contributed by atoms with E-state index in [2.05, 4.69) is 11.6 Å². The molecule has 0 aliphatic heterocycles. The van der Waals surface area contributed by atoms with Crippen molar-refractivity contribution in [1.29, 1.82) is 0 Å². The lowest BCUT2D eigenvalue weighted by Gasteiger charge is -2.09. The van der Waals surface area contributed by atoms with Crippen LogP contribution in [0.2, 0.25) is 5.02 Å². The van der Waals surface area contributed by atoms with Crippen molar-refractivity contribution in [1.82, 2.24) is 0 Å². The minimum Gasteiger partial charge on any atom is -0.486 e. The Balaban J connectivity index is 0.00000176. The summed E-state index contributed by atoms with van der Waals surface area (Å²) in [6, 6.07) is 9.21. The Morgan fingerprint density at radius 2 is 1.85 bits per heavy atom. The van der Waals surface area contributed by atoms with Gasteiger partial charge in [-0.3, -0.25) is 9.79 Å². The first-order valence-corrected chi connectivity index (χ1v) is 8.59. The van der Waals surface area contributed by atoms with E-state index in [0.29, 0.717) is 17.1 Å². The molecule has 2 N–H and O–H groups in total. The Morgan fingerprint density at radius 1 is 1.22 bits per heavy atom. The second-order valence-electron chi connectivity index (χ2n) is 5.14. The molecule has 2 aromatic rings. The highest BCUT2D eigenvalue weighted by atomic mass is 35.5. The van der Waals surface area contributed by atoms with Gasteiger partial charge in [-0.1, -0.05) is 44.2 Å². The topological polar surface area (TPSA) is 64.7 Å². The standard InChI is InChI=1S/C18H15ClF2N2O2.C2H6/c1-11(8-23-9-12-2-4-13(19)5-3-12)10-25-15-7-6-14(20)16(17(15)21)18(22)24;1-2/h2-8H,1,9-10H2,(H2,22,24);1-2H3. The molecule has 7 heteroatoms. The van der Waals surface area contributed by atoms with Crippen LogP contribution in [0.5, 0.6) is 5.75 Å². The molecule has 0 atom stereocenters. The molecule has 0 aromatic heterocycles. The van der Waals surface area contributed by atoms with E-state index in [1.54, 1.807) is 12.1 Å². The van der Waals surface area contributed by atoms with Gasteiger partial charge in [0.1, 0.15) is 18.0 Å². The number of aliphatic imine (C=N–C) groups is 1. The first kappa shape index (κ1) is 22.3. The molecule has 0 saturated heterocycles. The number of carbonyl (C=O) groups is 1. The van der Waals surface area contributed by atoms with Crippen LogP contribution in [0.25, 0.3) is 0 Å². The van der Waals surface area contributed by atoms with Crippen molar-refractivity contribution in [3.05, 3.63) is 76.3 Å². The van der Waals surface area contributed by atoms with Gasteiger partial charge in [0.2, 0.25) is 0 Å². The van der Waals surface area contributed by atoms with Crippen LogP contribution in [-0.2, 0) is 6.54 Å².